The van der Waals surface area contributed by atoms with Crippen LogP contribution in [0.25, 0.3) is 6.08 Å². The first-order valence-electron chi connectivity index (χ1n) is 8.95. The Hall–Kier alpha value is -2.48. The summed E-state index contributed by atoms with van der Waals surface area (Å²) < 4.78 is 10.5. The summed E-state index contributed by atoms with van der Waals surface area (Å²) in [7, 11) is 0. The Labute approximate surface area is 187 Å². The van der Waals surface area contributed by atoms with Crippen molar-refractivity contribution in [3.05, 3.63) is 68.5 Å². The summed E-state index contributed by atoms with van der Waals surface area (Å²) in [4.78, 5) is 37.1. The van der Waals surface area contributed by atoms with Crippen molar-refractivity contribution in [3.8, 4) is 5.75 Å². The lowest BCUT2D eigenvalue weighted by atomic mass is 10.2. The van der Waals surface area contributed by atoms with E-state index in [1.807, 2.05) is 0 Å². The van der Waals surface area contributed by atoms with Crippen molar-refractivity contribution in [3.63, 3.8) is 0 Å². The second kappa shape index (κ2) is 10.0. The van der Waals surface area contributed by atoms with Gasteiger partial charge in [-0.15, -0.1) is 0 Å². The molecule has 2 aromatic rings. The third-order valence-electron chi connectivity index (χ3n) is 4.05. The number of carbonyl (C=O) groups is 3. The minimum atomic E-state index is -0.622. The highest BCUT2D eigenvalue weighted by molar-refractivity contribution is 8.18. The highest BCUT2D eigenvalue weighted by Crippen LogP contribution is 2.32. The van der Waals surface area contributed by atoms with E-state index in [0.29, 0.717) is 21.4 Å². The molecular formula is C21H17Cl2NO5S. The molecule has 6 nitrogen and oxygen atoms in total. The molecule has 0 aliphatic carbocycles. The number of ether oxygens (including phenoxy) is 2. The summed E-state index contributed by atoms with van der Waals surface area (Å²) in [5.74, 6) is -0.521. The fourth-order valence-electron chi connectivity index (χ4n) is 2.58. The average molecular weight is 466 g/mol. The molecule has 0 unspecified atom stereocenters. The van der Waals surface area contributed by atoms with Gasteiger partial charge in [-0.25, -0.2) is 0 Å². The standard InChI is InChI=1S/C21H17Cl2NO5S/c1-2-28-19(25)11-24-20(26)18(30-21(24)27)9-13-3-7-16(8-4-13)29-12-14-5-6-15(22)10-17(14)23/h3-10H,2,11-12H2,1H3/b18-9+. The zero-order chi connectivity index (χ0) is 21.7. The lowest BCUT2D eigenvalue weighted by Gasteiger charge is -2.10. The molecule has 2 aromatic carbocycles. The predicted molar refractivity (Wildman–Crippen MR) is 117 cm³/mol. The summed E-state index contributed by atoms with van der Waals surface area (Å²) in [6.07, 6.45) is 1.59. The molecule has 156 valence electrons. The number of benzene rings is 2. The minimum Gasteiger partial charge on any atom is -0.489 e. The average Bonchev–Trinajstić information content (AvgIpc) is 2.96. The van der Waals surface area contributed by atoms with Crippen LogP contribution in [-0.2, 0) is 20.9 Å². The summed E-state index contributed by atoms with van der Waals surface area (Å²) >= 11 is 12.8. The number of rotatable bonds is 7. The molecule has 0 saturated carbocycles. The number of halogens is 2. The van der Waals surface area contributed by atoms with Gasteiger partial charge in [-0.1, -0.05) is 41.4 Å². The predicted octanol–water partition coefficient (Wildman–Crippen LogP) is 5.17. The van der Waals surface area contributed by atoms with Crippen molar-refractivity contribution in [2.75, 3.05) is 13.2 Å². The molecule has 0 aromatic heterocycles. The molecule has 0 bridgehead atoms. The van der Waals surface area contributed by atoms with E-state index in [9.17, 15) is 14.4 Å². The maximum Gasteiger partial charge on any atom is 0.326 e. The van der Waals surface area contributed by atoms with Gasteiger partial charge in [0.15, 0.2) is 0 Å². The molecule has 1 aliphatic heterocycles. The van der Waals surface area contributed by atoms with E-state index in [1.54, 1.807) is 55.5 Å². The third-order valence-corrected chi connectivity index (χ3v) is 5.55. The van der Waals surface area contributed by atoms with Crippen molar-refractivity contribution in [2.24, 2.45) is 0 Å². The van der Waals surface area contributed by atoms with E-state index >= 15 is 0 Å². The van der Waals surface area contributed by atoms with Crippen LogP contribution in [0.2, 0.25) is 10.0 Å². The molecule has 2 amide bonds. The molecule has 30 heavy (non-hydrogen) atoms. The fraction of sp³-hybridized carbons (Fsp3) is 0.190. The van der Waals surface area contributed by atoms with Crippen molar-refractivity contribution in [1.82, 2.24) is 4.90 Å². The van der Waals surface area contributed by atoms with Crippen LogP contribution >= 0.6 is 35.0 Å². The lowest BCUT2D eigenvalue weighted by molar-refractivity contribution is -0.145. The first-order valence-corrected chi connectivity index (χ1v) is 10.5. The van der Waals surface area contributed by atoms with Crippen molar-refractivity contribution >= 4 is 58.2 Å². The van der Waals surface area contributed by atoms with Gasteiger partial charge in [-0.05, 0) is 54.6 Å². The van der Waals surface area contributed by atoms with Crippen LogP contribution in [0.4, 0.5) is 4.79 Å². The topological polar surface area (TPSA) is 72.9 Å². The number of esters is 1. The van der Waals surface area contributed by atoms with Crippen LogP contribution in [0.5, 0.6) is 5.75 Å². The van der Waals surface area contributed by atoms with E-state index in [4.69, 9.17) is 32.7 Å². The van der Waals surface area contributed by atoms with Crippen LogP contribution in [0.3, 0.4) is 0 Å². The first kappa shape index (κ1) is 22.2. The zero-order valence-electron chi connectivity index (χ0n) is 15.9. The van der Waals surface area contributed by atoms with Gasteiger partial charge in [0.25, 0.3) is 11.1 Å². The summed E-state index contributed by atoms with van der Waals surface area (Å²) in [6.45, 7) is 1.73. The van der Waals surface area contributed by atoms with Crippen LogP contribution in [0.15, 0.2) is 47.4 Å². The molecular weight excluding hydrogens is 449 g/mol. The molecule has 1 aliphatic rings. The highest BCUT2D eigenvalue weighted by atomic mass is 35.5. The van der Waals surface area contributed by atoms with Crippen LogP contribution in [0.1, 0.15) is 18.1 Å². The highest BCUT2D eigenvalue weighted by Gasteiger charge is 2.36. The van der Waals surface area contributed by atoms with Crippen molar-refractivity contribution < 1.29 is 23.9 Å². The quantitative estimate of drug-likeness (QED) is 0.414. The van der Waals surface area contributed by atoms with E-state index in [1.165, 1.54) is 0 Å². The Morgan fingerprint density at radius 2 is 1.87 bits per heavy atom. The van der Waals surface area contributed by atoms with Crippen molar-refractivity contribution in [2.45, 2.75) is 13.5 Å². The molecule has 9 heteroatoms. The number of nitrogens with zero attached hydrogens (tertiary/aromatic N) is 1. The Balaban J connectivity index is 1.63. The molecule has 0 spiro atoms. The van der Waals surface area contributed by atoms with E-state index in [-0.39, 0.29) is 18.1 Å². The summed E-state index contributed by atoms with van der Waals surface area (Å²) in [5, 5.41) is 0.580. The number of thioether (sulfide) groups is 1. The number of hydrogen-bond donors (Lipinski definition) is 0. The van der Waals surface area contributed by atoms with E-state index < -0.39 is 23.7 Å². The molecule has 1 saturated heterocycles. The molecule has 3 rings (SSSR count). The lowest BCUT2D eigenvalue weighted by Crippen LogP contribution is -2.34. The Kier molecular flexibility index (Phi) is 7.42. The smallest absolute Gasteiger partial charge is 0.326 e. The van der Waals surface area contributed by atoms with Crippen LogP contribution < -0.4 is 4.74 Å². The van der Waals surface area contributed by atoms with Gasteiger partial charge in [-0.3, -0.25) is 19.3 Å². The van der Waals surface area contributed by atoms with Crippen LogP contribution in [-0.4, -0.2) is 35.2 Å². The molecule has 0 atom stereocenters. The van der Waals surface area contributed by atoms with Crippen molar-refractivity contribution in [1.29, 1.82) is 0 Å². The minimum absolute atomic E-state index is 0.184. The van der Waals surface area contributed by atoms with Gasteiger partial charge in [0.05, 0.1) is 11.5 Å². The Morgan fingerprint density at radius 3 is 2.53 bits per heavy atom. The van der Waals surface area contributed by atoms with E-state index in [0.717, 1.165) is 22.2 Å². The largest absolute Gasteiger partial charge is 0.489 e. The maximum absolute atomic E-state index is 12.4. The van der Waals surface area contributed by atoms with E-state index in [2.05, 4.69) is 0 Å². The molecule has 1 heterocycles. The molecule has 0 N–H and O–H groups in total. The normalized spacial score (nSPS) is 15.0. The van der Waals surface area contributed by atoms with Gasteiger partial charge >= 0.3 is 5.97 Å². The first-order chi connectivity index (χ1) is 14.4. The Bertz CT molecular complexity index is 1010. The number of carbonyl (C=O) groups excluding carboxylic acids is 3. The third kappa shape index (κ3) is 5.56. The zero-order valence-corrected chi connectivity index (χ0v) is 18.2. The number of hydrogen-bond acceptors (Lipinski definition) is 6. The van der Waals surface area contributed by atoms with Gasteiger partial charge in [0.2, 0.25) is 0 Å². The summed E-state index contributed by atoms with van der Waals surface area (Å²) in [6, 6.07) is 12.2. The second-order valence-electron chi connectivity index (χ2n) is 6.17. The van der Waals surface area contributed by atoms with Gasteiger partial charge in [0.1, 0.15) is 18.9 Å². The second-order valence-corrected chi connectivity index (χ2v) is 8.00. The summed E-state index contributed by atoms with van der Waals surface area (Å²) in [5.41, 5.74) is 1.52. The molecule has 1 fully saturated rings. The Morgan fingerprint density at radius 1 is 1.13 bits per heavy atom. The number of imide groups is 1. The molecule has 0 radical (unpaired) electrons. The fourth-order valence-corrected chi connectivity index (χ4v) is 3.88. The van der Waals surface area contributed by atoms with Gasteiger partial charge in [-0.2, -0.15) is 0 Å². The SMILES string of the molecule is CCOC(=O)CN1C(=O)S/C(=C/c2ccc(OCc3ccc(Cl)cc3Cl)cc2)C1=O. The maximum atomic E-state index is 12.4. The van der Waals surface area contributed by atoms with Gasteiger partial charge in [0, 0.05) is 15.6 Å². The number of amides is 2. The van der Waals surface area contributed by atoms with Crippen LogP contribution in [0, 0.1) is 0 Å². The van der Waals surface area contributed by atoms with Gasteiger partial charge < -0.3 is 9.47 Å². The monoisotopic (exact) mass is 465 g/mol.